The minimum absolute atomic E-state index is 0.0488. The molecule has 6 heteroatoms. The van der Waals surface area contributed by atoms with Crippen molar-refractivity contribution in [3.05, 3.63) is 46.3 Å². The lowest BCUT2D eigenvalue weighted by atomic mass is 10.1. The molecule has 0 aliphatic carbocycles. The molecule has 0 bridgehead atoms. The quantitative estimate of drug-likeness (QED) is 0.670. The number of nitrogens with zero attached hydrogens (tertiary/aromatic N) is 3. The Morgan fingerprint density at radius 2 is 2.15 bits per heavy atom. The second-order valence-corrected chi connectivity index (χ2v) is 4.80. The van der Waals surface area contributed by atoms with E-state index in [0.29, 0.717) is 17.9 Å². The third kappa shape index (κ3) is 2.64. The molecule has 0 spiro atoms. The minimum atomic E-state index is -0.371. The van der Waals surface area contributed by atoms with E-state index in [1.54, 1.807) is 29.1 Å². The Balaban J connectivity index is 2.54. The van der Waals surface area contributed by atoms with Gasteiger partial charge in [-0.1, -0.05) is 19.9 Å². The van der Waals surface area contributed by atoms with Gasteiger partial charge in [-0.05, 0) is 31.0 Å². The number of para-hydroxylation sites is 1. The van der Waals surface area contributed by atoms with Crippen LogP contribution in [0.1, 0.15) is 32.4 Å². The first kappa shape index (κ1) is 14.0. The lowest BCUT2D eigenvalue weighted by Crippen LogP contribution is -2.06. The Morgan fingerprint density at radius 3 is 2.70 bits per heavy atom. The number of rotatable bonds is 5. The van der Waals surface area contributed by atoms with Gasteiger partial charge in [-0.15, -0.1) is 0 Å². The molecule has 1 N–H and O–H groups in total. The number of nitro groups is 1. The van der Waals surface area contributed by atoms with Gasteiger partial charge in [-0.3, -0.25) is 10.1 Å². The third-order valence-corrected chi connectivity index (χ3v) is 3.01. The molecule has 0 fully saturated rings. The van der Waals surface area contributed by atoms with Crippen LogP contribution in [0.2, 0.25) is 0 Å². The van der Waals surface area contributed by atoms with E-state index >= 15 is 0 Å². The minimum Gasteiger partial charge on any atom is -0.380 e. The molecule has 1 aromatic carbocycles. The molecule has 0 radical (unpaired) electrons. The van der Waals surface area contributed by atoms with Crippen LogP contribution in [0.3, 0.4) is 0 Å². The lowest BCUT2D eigenvalue weighted by molar-refractivity contribution is -0.383. The Bertz CT molecular complexity index is 619. The summed E-state index contributed by atoms with van der Waals surface area (Å²) in [6, 6.07) is 7.08. The first-order valence-electron chi connectivity index (χ1n) is 6.61. The number of aromatic nitrogens is 2. The van der Waals surface area contributed by atoms with Crippen molar-refractivity contribution in [2.75, 3.05) is 11.9 Å². The summed E-state index contributed by atoms with van der Waals surface area (Å²) >= 11 is 0. The second kappa shape index (κ2) is 5.73. The summed E-state index contributed by atoms with van der Waals surface area (Å²) in [5, 5.41) is 18.8. The standard InChI is InChI=1S/C14H18N4O2/c1-4-15-12-6-5-7-13(14(12)18(19)20)17-9-8-11(16-17)10(2)3/h5-10,15H,4H2,1-3H3. The summed E-state index contributed by atoms with van der Waals surface area (Å²) in [7, 11) is 0. The Morgan fingerprint density at radius 1 is 1.40 bits per heavy atom. The molecule has 0 aliphatic heterocycles. The predicted octanol–water partition coefficient (Wildman–Crippen LogP) is 3.34. The number of nitro benzene ring substituents is 1. The van der Waals surface area contributed by atoms with Crippen molar-refractivity contribution in [2.45, 2.75) is 26.7 Å². The SMILES string of the molecule is CCNc1cccc(-n2ccc(C(C)C)n2)c1[N+](=O)[O-]. The van der Waals surface area contributed by atoms with Gasteiger partial charge >= 0.3 is 5.69 Å². The lowest BCUT2D eigenvalue weighted by Gasteiger charge is -2.09. The van der Waals surface area contributed by atoms with Gasteiger partial charge in [0.05, 0.1) is 10.6 Å². The molecule has 0 saturated heterocycles. The molecule has 106 valence electrons. The highest BCUT2D eigenvalue weighted by atomic mass is 16.6. The van der Waals surface area contributed by atoms with E-state index in [4.69, 9.17) is 0 Å². The van der Waals surface area contributed by atoms with Gasteiger partial charge in [0, 0.05) is 12.7 Å². The normalized spacial score (nSPS) is 10.8. The van der Waals surface area contributed by atoms with Crippen LogP contribution in [0, 0.1) is 10.1 Å². The third-order valence-electron chi connectivity index (χ3n) is 3.01. The van der Waals surface area contributed by atoms with E-state index in [1.165, 1.54) is 0 Å². The van der Waals surface area contributed by atoms with Crippen LogP contribution in [0.15, 0.2) is 30.5 Å². The van der Waals surface area contributed by atoms with Gasteiger partial charge in [0.25, 0.3) is 0 Å². The van der Waals surface area contributed by atoms with Crippen molar-refractivity contribution in [1.82, 2.24) is 9.78 Å². The van der Waals surface area contributed by atoms with Crippen LogP contribution < -0.4 is 5.32 Å². The van der Waals surface area contributed by atoms with Crippen LogP contribution in [-0.4, -0.2) is 21.2 Å². The first-order chi connectivity index (χ1) is 9.54. The van der Waals surface area contributed by atoms with Gasteiger partial charge in [0.1, 0.15) is 11.4 Å². The molecule has 2 aromatic rings. The molecule has 0 amide bonds. The smallest absolute Gasteiger partial charge is 0.317 e. The van der Waals surface area contributed by atoms with E-state index in [1.807, 2.05) is 26.8 Å². The molecule has 0 atom stereocenters. The second-order valence-electron chi connectivity index (χ2n) is 4.80. The molecule has 6 nitrogen and oxygen atoms in total. The van der Waals surface area contributed by atoms with E-state index in [-0.39, 0.29) is 16.5 Å². The maximum absolute atomic E-state index is 11.4. The fourth-order valence-corrected chi connectivity index (χ4v) is 2.02. The summed E-state index contributed by atoms with van der Waals surface area (Å²) in [4.78, 5) is 11.0. The largest absolute Gasteiger partial charge is 0.380 e. The summed E-state index contributed by atoms with van der Waals surface area (Å²) in [6.45, 7) is 6.61. The van der Waals surface area contributed by atoms with Crippen molar-refractivity contribution in [3.8, 4) is 5.69 Å². The van der Waals surface area contributed by atoms with E-state index in [2.05, 4.69) is 10.4 Å². The zero-order chi connectivity index (χ0) is 14.7. The fourth-order valence-electron chi connectivity index (χ4n) is 2.02. The first-order valence-corrected chi connectivity index (χ1v) is 6.61. The van der Waals surface area contributed by atoms with Gasteiger partial charge in [0.2, 0.25) is 0 Å². The highest BCUT2D eigenvalue weighted by Crippen LogP contribution is 2.31. The van der Waals surface area contributed by atoms with Crippen LogP contribution >= 0.6 is 0 Å². The Kier molecular flexibility index (Phi) is 4.02. The molecule has 0 saturated carbocycles. The summed E-state index contributed by atoms with van der Waals surface area (Å²) in [6.07, 6.45) is 1.76. The average molecular weight is 274 g/mol. The van der Waals surface area contributed by atoms with Crippen molar-refractivity contribution >= 4 is 11.4 Å². The molecular weight excluding hydrogens is 256 g/mol. The highest BCUT2D eigenvalue weighted by Gasteiger charge is 2.21. The summed E-state index contributed by atoms with van der Waals surface area (Å²) in [5.41, 5.74) is 1.94. The van der Waals surface area contributed by atoms with Crippen LogP contribution in [0.4, 0.5) is 11.4 Å². The monoisotopic (exact) mass is 274 g/mol. The van der Waals surface area contributed by atoms with Gasteiger partial charge in [-0.25, -0.2) is 4.68 Å². The Hall–Kier alpha value is -2.37. The number of anilines is 1. The van der Waals surface area contributed by atoms with E-state index in [9.17, 15) is 10.1 Å². The molecule has 0 unspecified atom stereocenters. The van der Waals surface area contributed by atoms with E-state index < -0.39 is 0 Å². The van der Waals surface area contributed by atoms with Crippen molar-refractivity contribution in [2.24, 2.45) is 0 Å². The van der Waals surface area contributed by atoms with Crippen LogP contribution in [-0.2, 0) is 0 Å². The van der Waals surface area contributed by atoms with Crippen LogP contribution in [0.25, 0.3) is 5.69 Å². The summed E-state index contributed by atoms with van der Waals surface area (Å²) in [5.74, 6) is 0.284. The van der Waals surface area contributed by atoms with Gasteiger partial charge < -0.3 is 5.32 Å². The molecular formula is C14H18N4O2. The molecule has 1 heterocycles. The number of hydrogen-bond donors (Lipinski definition) is 1. The highest BCUT2D eigenvalue weighted by molar-refractivity contribution is 5.70. The molecule has 20 heavy (non-hydrogen) atoms. The topological polar surface area (TPSA) is 73.0 Å². The zero-order valence-electron chi connectivity index (χ0n) is 11.8. The van der Waals surface area contributed by atoms with E-state index in [0.717, 1.165) is 5.69 Å². The fraction of sp³-hybridized carbons (Fsp3) is 0.357. The van der Waals surface area contributed by atoms with Crippen LogP contribution in [0.5, 0.6) is 0 Å². The number of benzene rings is 1. The van der Waals surface area contributed by atoms with Gasteiger partial charge in [-0.2, -0.15) is 5.10 Å². The maximum atomic E-state index is 11.4. The number of hydrogen-bond acceptors (Lipinski definition) is 4. The summed E-state index contributed by atoms with van der Waals surface area (Å²) < 4.78 is 1.56. The Labute approximate surface area is 117 Å². The van der Waals surface area contributed by atoms with Crippen molar-refractivity contribution in [3.63, 3.8) is 0 Å². The molecule has 1 aromatic heterocycles. The molecule has 2 rings (SSSR count). The average Bonchev–Trinajstić information content (AvgIpc) is 2.88. The van der Waals surface area contributed by atoms with Crippen molar-refractivity contribution in [1.29, 1.82) is 0 Å². The number of nitrogens with one attached hydrogen (secondary N) is 1. The predicted molar refractivity (Wildman–Crippen MR) is 78.5 cm³/mol. The van der Waals surface area contributed by atoms with Gasteiger partial charge in [0.15, 0.2) is 0 Å². The maximum Gasteiger partial charge on any atom is 0.317 e. The van der Waals surface area contributed by atoms with Crippen molar-refractivity contribution < 1.29 is 4.92 Å². The molecule has 0 aliphatic rings. The zero-order valence-corrected chi connectivity index (χ0v) is 11.8.